The molecule has 0 spiro atoms. The largest absolute Gasteiger partial charge is 0.497 e. The summed E-state index contributed by atoms with van der Waals surface area (Å²) in [7, 11) is 3.00. The average molecular weight is 320 g/mol. The van der Waals surface area contributed by atoms with E-state index in [9.17, 15) is 9.59 Å². The molecular weight excluding hydrogens is 296 g/mol. The number of carbonyl (C=O) groups excluding carboxylic acids is 2. The quantitative estimate of drug-likeness (QED) is 0.781. The van der Waals surface area contributed by atoms with Crippen LogP contribution in [0.2, 0.25) is 0 Å². The standard InChI is InChI=1S/C17H24N2O4/c1-4-5-10-19-15(20)11-14(17(21)18-23-3)16(19)12-6-8-13(22-2)9-7-12/h6-9,14,16H,4-5,10-11H2,1-3H3,(H,18,21)/t14-,16+/m0/s1. The molecule has 1 N–H and O–H groups in total. The zero-order valence-electron chi connectivity index (χ0n) is 13.9. The van der Waals surface area contributed by atoms with Crippen LogP contribution in [0, 0.1) is 5.92 Å². The van der Waals surface area contributed by atoms with Gasteiger partial charge in [-0.15, -0.1) is 0 Å². The van der Waals surface area contributed by atoms with Gasteiger partial charge < -0.3 is 9.64 Å². The van der Waals surface area contributed by atoms with Crippen LogP contribution >= 0.6 is 0 Å². The fourth-order valence-electron chi connectivity index (χ4n) is 3.01. The van der Waals surface area contributed by atoms with Crippen molar-refractivity contribution in [2.75, 3.05) is 20.8 Å². The number of benzene rings is 1. The topological polar surface area (TPSA) is 67.9 Å². The van der Waals surface area contributed by atoms with E-state index in [4.69, 9.17) is 9.57 Å². The second-order valence-electron chi connectivity index (χ2n) is 5.64. The minimum absolute atomic E-state index is 0.00974. The van der Waals surface area contributed by atoms with Crippen LogP contribution in [0.3, 0.4) is 0 Å². The molecule has 126 valence electrons. The lowest BCUT2D eigenvalue weighted by molar-refractivity contribution is -0.136. The summed E-state index contributed by atoms with van der Waals surface area (Å²) in [4.78, 5) is 31.2. The van der Waals surface area contributed by atoms with Gasteiger partial charge >= 0.3 is 0 Å². The number of nitrogens with zero attached hydrogens (tertiary/aromatic N) is 1. The molecule has 1 aromatic rings. The van der Waals surface area contributed by atoms with Gasteiger partial charge in [0.05, 0.1) is 26.2 Å². The molecule has 1 fully saturated rings. The number of hydrogen-bond acceptors (Lipinski definition) is 4. The number of rotatable bonds is 7. The molecule has 1 aliphatic heterocycles. The Morgan fingerprint density at radius 3 is 2.57 bits per heavy atom. The van der Waals surface area contributed by atoms with Crippen molar-refractivity contribution in [1.82, 2.24) is 10.4 Å². The molecule has 0 aromatic heterocycles. The Morgan fingerprint density at radius 2 is 2.00 bits per heavy atom. The molecule has 0 radical (unpaired) electrons. The molecule has 0 unspecified atom stereocenters. The Morgan fingerprint density at radius 1 is 1.30 bits per heavy atom. The van der Waals surface area contributed by atoms with Gasteiger partial charge in [0, 0.05) is 13.0 Å². The maximum absolute atomic E-state index is 12.4. The zero-order chi connectivity index (χ0) is 16.8. The molecule has 0 saturated carbocycles. The lowest BCUT2D eigenvalue weighted by Crippen LogP contribution is -2.35. The summed E-state index contributed by atoms with van der Waals surface area (Å²) in [5, 5.41) is 0. The van der Waals surface area contributed by atoms with Gasteiger partial charge in [-0.25, -0.2) is 5.48 Å². The number of amides is 2. The van der Waals surface area contributed by atoms with E-state index >= 15 is 0 Å². The predicted octanol–water partition coefficient (Wildman–Crippen LogP) is 2.06. The SMILES string of the molecule is CCCCN1C(=O)C[C@H](C(=O)NOC)[C@H]1c1ccc(OC)cc1. The van der Waals surface area contributed by atoms with E-state index in [0.717, 1.165) is 24.2 Å². The van der Waals surface area contributed by atoms with Crippen molar-refractivity contribution in [3.63, 3.8) is 0 Å². The second-order valence-corrected chi connectivity index (χ2v) is 5.64. The molecule has 1 aromatic carbocycles. The molecule has 6 heteroatoms. The van der Waals surface area contributed by atoms with Crippen molar-refractivity contribution in [2.45, 2.75) is 32.2 Å². The Bertz CT molecular complexity index is 544. The molecule has 0 bridgehead atoms. The van der Waals surface area contributed by atoms with E-state index in [0.29, 0.717) is 6.54 Å². The van der Waals surface area contributed by atoms with Crippen LogP contribution in [0.4, 0.5) is 0 Å². The van der Waals surface area contributed by atoms with Crippen molar-refractivity contribution in [3.05, 3.63) is 29.8 Å². The van der Waals surface area contributed by atoms with Gasteiger partial charge in [-0.3, -0.25) is 14.4 Å². The number of hydrogen-bond donors (Lipinski definition) is 1. The first-order valence-electron chi connectivity index (χ1n) is 7.88. The van der Waals surface area contributed by atoms with Gasteiger partial charge in [0.1, 0.15) is 5.75 Å². The van der Waals surface area contributed by atoms with Gasteiger partial charge in [-0.1, -0.05) is 25.5 Å². The lowest BCUT2D eigenvalue weighted by atomic mass is 9.93. The minimum Gasteiger partial charge on any atom is -0.497 e. The van der Waals surface area contributed by atoms with Crippen LogP contribution in [0.1, 0.15) is 37.8 Å². The summed E-state index contributed by atoms with van der Waals surface area (Å²) in [6.07, 6.45) is 2.11. The molecule has 2 atom stereocenters. The summed E-state index contributed by atoms with van der Waals surface area (Å²) in [5.41, 5.74) is 3.30. The van der Waals surface area contributed by atoms with Crippen molar-refractivity contribution < 1.29 is 19.2 Å². The predicted molar refractivity (Wildman–Crippen MR) is 85.6 cm³/mol. The summed E-state index contributed by atoms with van der Waals surface area (Å²) in [6.45, 7) is 2.74. The van der Waals surface area contributed by atoms with Crippen LogP contribution < -0.4 is 10.2 Å². The fraction of sp³-hybridized carbons (Fsp3) is 0.529. The average Bonchev–Trinajstić information content (AvgIpc) is 2.90. The molecule has 0 aliphatic carbocycles. The maximum Gasteiger partial charge on any atom is 0.249 e. The number of carbonyl (C=O) groups is 2. The molecule has 1 saturated heterocycles. The zero-order valence-corrected chi connectivity index (χ0v) is 13.9. The van der Waals surface area contributed by atoms with E-state index in [1.165, 1.54) is 7.11 Å². The molecule has 1 heterocycles. The van der Waals surface area contributed by atoms with Gasteiger partial charge in [-0.05, 0) is 24.1 Å². The highest BCUT2D eigenvalue weighted by Gasteiger charge is 2.44. The van der Waals surface area contributed by atoms with E-state index < -0.39 is 5.92 Å². The van der Waals surface area contributed by atoms with Crippen molar-refractivity contribution in [1.29, 1.82) is 0 Å². The van der Waals surface area contributed by atoms with Crippen LogP contribution in [0.25, 0.3) is 0 Å². The molecule has 2 amide bonds. The van der Waals surface area contributed by atoms with E-state index in [1.807, 2.05) is 29.2 Å². The Balaban J connectivity index is 2.31. The Kier molecular flexibility index (Phi) is 5.98. The monoisotopic (exact) mass is 320 g/mol. The summed E-state index contributed by atoms with van der Waals surface area (Å²) < 4.78 is 5.18. The first-order valence-corrected chi connectivity index (χ1v) is 7.88. The summed E-state index contributed by atoms with van der Waals surface area (Å²) in [6, 6.07) is 7.25. The lowest BCUT2D eigenvalue weighted by Gasteiger charge is -2.28. The van der Waals surface area contributed by atoms with Gasteiger partial charge in [-0.2, -0.15) is 0 Å². The molecule has 1 aliphatic rings. The van der Waals surface area contributed by atoms with Crippen molar-refractivity contribution in [3.8, 4) is 5.75 Å². The van der Waals surface area contributed by atoms with Gasteiger partial charge in [0.25, 0.3) is 0 Å². The highest BCUT2D eigenvalue weighted by atomic mass is 16.6. The molecular formula is C17H24N2O4. The normalized spacial score (nSPS) is 20.7. The Labute approximate surface area is 136 Å². The summed E-state index contributed by atoms with van der Waals surface area (Å²) in [5.74, 6) is 0.0416. The third-order valence-corrected chi connectivity index (χ3v) is 4.18. The van der Waals surface area contributed by atoms with Crippen molar-refractivity contribution in [2.24, 2.45) is 5.92 Å². The van der Waals surface area contributed by atoms with Crippen LogP contribution in [0.15, 0.2) is 24.3 Å². The Hall–Kier alpha value is -2.08. The summed E-state index contributed by atoms with van der Waals surface area (Å²) >= 11 is 0. The minimum atomic E-state index is -0.451. The van der Waals surface area contributed by atoms with Gasteiger partial charge in [0.2, 0.25) is 11.8 Å². The number of unbranched alkanes of at least 4 members (excludes halogenated alkanes) is 1. The molecule has 2 rings (SSSR count). The van der Waals surface area contributed by atoms with Crippen molar-refractivity contribution >= 4 is 11.8 Å². The second kappa shape index (κ2) is 7.97. The first kappa shape index (κ1) is 17.3. The number of likely N-dealkylation sites (tertiary alicyclic amines) is 1. The number of ether oxygens (including phenoxy) is 1. The van der Waals surface area contributed by atoms with E-state index in [1.54, 1.807) is 7.11 Å². The highest BCUT2D eigenvalue weighted by Crippen LogP contribution is 2.39. The van der Waals surface area contributed by atoms with Crippen LogP contribution in [-0.4, -0.2) is 37.5 Å². The number of methoxy groups -OCH3 is 1. The molecule has 6 nitrogen and oxygen atoms in total. The highest BCUT2D eigenvalue weighted by molar-refractivity contribution is 5.90. The number of nitrogens with one attached hydrogen (secondary N) is 1. The molecule has 23 heavy (non-hydrogen) atoms. The van der Waals surface area contributed by atoms with Crippen LogP contribution in [0.5, 0.6) is 5.75 Å². The third-order valence-electron chi connectivity index (χ3n) is 4.18. The first-order chi connectivity index (χ1) is 11.1. The van der Waals surface area contributed by atoms with Crippen LogP contribution in [-0.2, 0) is 14.4 Å². The maximum atomic E-state index is 12.4. The fourth-order valence-corrected chi connectivity index (χ4v) is 3.01. The third kappa shape index (κ3) is 3.82. The van der Waals surface area contributed by atoms with E-state index in [-0.39, 0.29) is 24.3 Å². The number of hydroxylamine groups is 1. The van der Waals surface area contributed by atoms with E-state index in [2.05, 4.69) is 12.4 Å². The van der Waals surface area contributed by atoms with Gasteiger partial charge in [0.15, 0.2) is 0 Å². The smallest absolute Gasteiger partial charge is 0.249 e.